The Balaban J connectivity index is 2.23. The van der Waals surface area contributed by atoms with Gasteiger partial charge < -0.3 is 5.11 Å². The van der Waals surface area contributed by atoms with Gasteiger partial charge in [-0.05, 0) is 30.2 Å². The van der Waals surface area contributed by atoms with Crippen molar-refractivity contribution in [2.45, 2.75) is 19.8 Å². The normalized spacial score (nSPS) is 10.4. The van der Waals surface area contributed by atoms with Crippen LogP contribution in [0.4, 0.5) is 0 Å². The summed E-state index contributed by atoms with van der Waals surface area (Å²) in [4.78, 5) is 13.3. The molecule has 2 nitrogen and oxygen atoms in total. The molecular weight excluding hydrogens is 232 g/mol. The Hall–Kier alpha value is -1.61. The van der Waals surface area contributed by atoms with Crippen LogP contribution in [0.1, 0.15) is 20.9 Å². The molecule has 0 bridgehead atoms. The maximum Gasteiger partial charge on any atom is 0.307 e. The number of aryl methyl sites for hydroxylation is 1. The summed E-state index contributed by atoms with van der Waals surface area (Å²) >= 11 is 1.76. The summed E-state index contributed by atoms with van der Waals surface area (Å²) in [7, 11) is 0. The molecule has 2 rings (SSSR count). The first-order valence-electron chi connectivity index (χ1n) is 5.49. The third-order valence-electron chi connectivity index (χ3n) is 2.62. The maximum atomic E-state index is 10.8. The van der Waals surface area contributed by atoms with Crippen LogP contribution in [-0.2, 0) is 17.6 Å². The minimum atomic E-state index is -0.778. The van der Waals surface area contributed by atoms with Gasteiger partial charge in [-0.1, -0.05) is 24.3 Å². The molecule has 1 N–H and O–H groups in total. The van der Waals surface area contributed by atoms with E-state index >= 15 is 0 Å². The van der Waals surface area contributed by atoms with E-state index in [1.807, 2.05) is 24.3 Å². The molecule has 1 aromatic carbocycles. The lowest BCUT2D eigenvalue weighted by Crippen LogP contribution is -2.03. The van der Waals surface area contributed by atoms with Crippen LogP contribution < -0.4 is 0 Å². The molecule has 0 fully saturated rings. The van der Waals surface area contributed by atoms with Crippen LogP contribution in [0.15, 0.2) is 36.4 Å². The average Bonchev–Trinajstić information content (AvgIpc) is 2.66. The van der Waals surface area contributed by atoms with Gasteiger partial charge in [0.05, 0.1) is 6.42 Å². The van der Waals surface area contributed by atoms with Gasteiger partial charge >= 0.3 is 5.97 Å². The standard InChI is InChI=1S/C14H14O2S/c1-10-6-7-13(17-10)8-11-4-2-3-5-12(11)9-14(15)16/h2-7H,8-9H2,1H3,(H,15,16). The molecule has 17 heavy (non-hydrogen) atoms. The van der Waals surface area contributed by atoms with Gasteiger partial charge in [0, 0.05) is 16.2 Å². The lowest BCUT2D eigenvalue weighted by molar-refractivity contribution is -0.136. The van der Waals surface area contributed by atoms with E-state index in [1.54, 1.807) is 11.3 Å². The topological polar surface area (TPSA) is 37.3 Å². The van der Waals surface area contributed by atoms with Crippen molar-refractivity contribution in [3.8, 4) is 0 Å². The molecule has 0 aliphatic carbocycles. The minimum absolute atomic E-state index is 0.0977. The Morgan fingerprint density at radius 1 is 1.18 bits per heavy atom. The van der Waals surface area contributed by atoms with Gasteiger partial charge in [0.15, 0.2) is 0 Å². The Kier molecular flexibility index (Phi) is 3.59. The van der Waals surface area contributed by atoms with Gasteiger partial charge in [-0.15, -0.1) is 11.3 Å². The Morgan fingerprint density at radius 3 is 2.47 bits per heavy atom. The van der Waals surface area contributed by atoms with Crippen LogP contribution in [-0.4, -0.2) is 11.1 Å². The van der Waals surface area contributed by atoms with Crippen LogP contribution in [0.2, 0.25) is 0 Å². The molecule has 0 amide bonds. The van der Waals surface area contributed by atoms with Crippen molar-refractivity contribution in [2.24, 2.45) is 0 Å². The molecule has 0 saturated carbocycles. The van der Waals surface area contributed by atoms with Crippen LogP contribution in [0.5, 0.6) is 0 Å². The summed E-state index contributed by atoms with van der Waals surface area (Å²) in [5, 5.41) is 8.86. The van der Waals surface area contributed by atoms with Crippen molar-refractivity contribution >= 4 is 17.3 Å². The van der Waals surface area contributed by atoms with Crippen molar-refractivity contribution in [3.05, 3.63) is 57.3 Å². The van der Waals surface area contributed by atoms with E-state index in [4.69, 9.17) is 5.11 Å². The molecule has 0 saturated heterocycles. The smallest absolute Gasteiger partial charge is 0.307 e. The monoisotopic (exact) mass is 246 g/mol. The molecule has 1 aromatic heterocycles. The number of aliphatic carboxylic acids is 1. The van der Waals surface area contributed by atoms with Gasteiger partial charge in [0.1, 0.15) is 0 Å². The minimum Gasteiger partial charge on any atom is -0.481 e. The van der Waals surface area contributed by atoms with Crippen molar-refractivity contribution in [1.29, 1.82) is 0 Å². The largest absolute Gasteiger partial charge is 0.481 e. The molecule has 3 heteroatoms. The first-order chi connectivity index (χ1) is 8.15. The lowest BCUT2D eigenvalue weighted by Gasteiger charge is -2.06. The highest BCUT2D eigenvalue weighted by Crippen LogP contribution is 2.21. The molecule has 0 aliphatic rings. The van der Waals surface area contributed by atoms with E-state index in [9.17, 15) is 4.79 Å². The fourth-order valence-corrected chi connectivity index (χ4v) is 2.75. The summed E-state index contributed by atoms with van der Waals surface area (Å²) in [5.41, 5.74) is 2.02. The zero-order valence-corrected chi connectivity index (χ0v) is 10.5. The second-order valence-corrected chi connectivity index (χ2v) is 5.40. The molecule has 88 valence electrons. The molecule has 1 heterocycles. The summed E-state index contributed by atoms with van der Waals surface area (Å²) < 4.78 is 0. The Labute approximate surface area is 105 Å². The van der Waals surface area contributed by atoms with E-state index < -0.39 is 5.97 Å². The fraction of sp³-hybridized carbons (Fsp3) is 0.214. The molecule has 0 aliphatic heterocycles. The number of hydrogen-bond acceptors (Lipinski definition) is 2. The molecule has 0 radical (unpaired) electrons. The second kappa shape index (κ2) is 5.15. The zero-order chi connectivity index (χ0) is 12.3. The van der Waals surface area contributed by atoms with Gasteiger partial charge in [0.2, 0.25) is 0 Å². The Bertz CT molecular complexity index is 529. The van der Waals surface area contributed by atoms with E-state index in [2.05, 4.69) is 19.1 Å². The highest BCUT2D eigenvalue weighted by molar-refractivity contribution is 7.11. The number of carboxylic acid groups (broad SMARTS) is 1. The molecular formula is C14H14O2S. The number of rotatable bonds is 4. The predicted molar refractivity (Wildman–Crippen MR) is 69.6 cm³/mol. The number of carboxylic acids is 1. The quantitative estimate of drug-likeness (QED) is 0.899. The van der Waals surface area contributed by atoms with Crippen molar-refractivity contribution in [2.75, 3.05) is 0 Å². The highest BCUT2D eigenvalue weighted by Gasteiger charge is 2.07. The van der Waals surface area contributed by atoms with Gasteiger partial charge in [-0.25, -0.2) is 0 Å². The van der Waals surface area contributed by atoms with Crippen LogP contribution in [0, 0.1) is 6.92 Å². The van der Waals surface area contributed by atoms with Crippen molar-refractivity contribution in [1.82, 2.24) is 0 Å². The first-order valence-corrected chi connectivity index (χ1v) is 6.30. The zero-order valence-electron chi connectivity index (χ0n) is 9.64. The highest BCUT2D eigenvalue weighted by atomic mass is 32.1. The van der Waals surface area contributed by atoms with Crippen LogP contribution in [0.3, 0.4) is 0 Å². The summed E-state index contributed by atoms with van der Waals surface area (Å²) in [6.07, 6.45) is 0.919. The maximum absolute atomic E-state index is 10.8. The molecule has 0 unspecified atom stereocenters. The second-order valence-electron chi connectivity index (χ2n) is 4.03. The van der Waals surface area contributed by atoms with Gasteiger partial charge in [0.25, 0.3) is 0 Å². The van der Waals surface area contributed by atoms with E-state index in [-0.39, 0.29) is 6.42 Å². The summed E-state index contributed by atoms with van der Waals surface area (Å²) in [6.45, 7) is 2.08. The number of benzene rings is 1. The van der Waals surface area contributed by atoms with Crippen molar-refractivity contribution in [3.63, 3.8) is 0 Å². The summed E-state index contributed by atoms with van der Waals surface area (Å²) in [5.74, 6) is -0.778. The van der Waals surface area contributed by atoms with E-state index in [0.717, 1.165) is 17.5 Å². The lowest BCUT2D eigenvalue weighted by atomic mass is 10.0. The Morgan fingerprint density at radius 2 is 1.88 bits per heavy atom. The number of hydrogen-bond donors (Lipinski definition) is 1. The SMILES string of the molecule is Cc1ccc(Cc2ccccc2CC(=O)O)s1. The van der Waals surface area contributed by atoms with Crippen LogP contribution in [0.25, 0.3) is 0 Å². The average molecular weight is 246 g/mol. The molecule has 0 spiro atoms. The van der Waals surface area contributed by atoms with E-state index in [0.29, 0.717) is 0 Å². The van der Waals surface area contributed by atoms with Crippen LogP contribution >= 0.6 is 11.3 Å². The van der Waals surface area contributed by atoms with Gasteiger partial charge in [-0.3, -0.25) is 4.79 Å². The third-order valence-corrected chi connectivity index (χ3v) is 3.62. The van der Waals surface area contributed by atoms with Crippen molar-refractivity contribution < 1.29 is 9.90 Å². The predicted octanol–water partition coefficient (Wildman–Crippen LogP) is 3.27. The van der Waals surface area contributed by atoms with Gasteiger partial charge in [-0.2, -0.15) is 0 Å². The molecule has 0 atom stereocenters. The number of thiophene rings is 1. The first kappa shape index (κ1) is 11.9. The third kappa shape index (κ3) is 3.17. The van der Waals surface area contributed by atoms with E-state index in [1.165, 1.54) is 9.75 Å². The summed E-state index contributed by atoms with van der Waals surface area (Å²) in [6, 6.07) is 12.0. The number of carbonyl (C=O) groups is 1. The fourth-order valence-electron chi connectivity index (χ4n) is 1.83. The molecule has 2 aromatic rings.